The van der Waals surface area contributed by atoms with Gasteiger partial charge >= 0.3 is 0 Å². The van der Waals surface area contributed by atoms with E-state index in [0.29, 0.717) is 11.8 Å². The smallest absolute Gasteiger partial charge is 0.240 e. The molecule has 2 amide bonds. The Balaban J connectivity index is 4.02. The van der Waals surface area contributed by atoms with Crippen LogP contribution in [0, 0.1) is 11.8 Å². The zero-order valence-electron chi connectivity index (χ0n) is 14.7. The second-order valence-electron chi connectivity index (χ2n) is 6.46. The van der Waals surface area contributed by atoms with Gasteiger partial charge in [0, 0.05) is 24.3 Å². The molecule has 0 radical (unpaired) electrons. The highest BCUT2D eigenvalue weighted by Gasteiger charge is 2.06. The van der Waals surface area contributed by atoms with Gasteiger partial charge in [-0.2, -0.15) is 10.2 Å². The van der Waals surface area contributed by atoms with Crippen LogP contribution >= 0.6 is 0 Å². The van der Waals surface area contributed by atoms with Crippen LogP contribution in [0.2, 0.25) is 0 Å². The van der Waals surface area contributed by atoms with Gasteiger partial charge in [0.2, 0.25) is 11.8 Å². The van der Waals surface area contributed by atoms with Crippen LogP contribution in [-0.4, -0.2) is 23.2 Å². The van der Waals surface area contributed by atoms with Crippen molar-refractivity contribution in [2.45, 2.75) is 67.2 Å². The van der Waals surface area contributed by atoms with E-state index in [1.807, 2.05) is 13.8 Å². The van der Waals surface area contributed by atoms with Crippen molar-refractivity contribution >= 4 is 23.2 Å². The Morgan fingerprint density at radius 1 is 0.773 bits per heavy atom. The van der Waals surface area contributed by atoms with Crippen molar-refractivity contribution in [3.63, 3.8) is 0 Å². The molecule has 0 fully saturated rings. The molecule has 0 atom stereocenters. The van der Waals surface area contributed by atoms with Crippen molar-refractivity contribution in [1.82, 2.24) is 10.9 Å². The first kappa shape index (κ1) is 20.3. The molecule has 0 aliphatic rings. The fourth-order valence-electron chi connectivity index (χ4n) is 1.93. The molecular weight excluding hydrogens is 280 g/mol. The zero-order valence-corrected chi connectivity index (χ0v) is 14.7. The topological polar surface area (TPSA) is 82.9 Å². The molecule has 0 aliphatic carbocycles. The molecule has 0 unspecified atom stereocenters. The number of hydrogen-bond acceptors (Lipinski definition) is 4. The van der Waals surface area contributed by atoms with Crippen LogP contribution in [0.4, 0.5) is 0 Å². The van der Waals surface area contributed by atoms with Gasteiger partial charge in [-0.05, 0) is 38.5 Å². The minimum atomic E-state index is -0.263. The molecule has 22 heavy (non-hydrogen) atoms. The molecule has 0 bridgehead atoms. The minimum absolute atomic E-state index is 0.100. The monoisotopic (exact) mass is 310 g/mol. The molecule has 0 spiro atoms. The normalized spacial score (nSPS) is 12.7. The fourth-order valence-corrected chi connectivity index (χ4v) is 1.93. The summed E-state index contributed by atoms with van der Waals surface area (Å²) in [5.74, 6) is 0.471. The Kier molecular flexibility index (Phi) is 10.1. The maximum absolute atomic E-state index is 11.6. The first-order valence-electron chi connectivity index (χ1n) is 7.84. The maximum Gasteiger partial charge on any atom is 0.240 e. The van der Waals surface area contributed by atoms with Crippen molar-refractivity contribution in [1.29, 1.82) is 0 Å². The van der Waals surface area contributed by atoms with Crippen LogP contribution in [0.1, 0.15) is 67.2 Å². The van der Waals surface area contributed by atoms with Gasteiger partial charge in [0.15, 0.2) is 0 Å². The molecule has 0 saturated carbocycles. The molecule has 0 saturated heterocycles. The van der Waals surface area contributed by atoms with Gasteiger partial charge in [-0.25, -0.2) is 10.9 Å². The maximum atomic E-state index is 11.6. The lowest BCUT2D eigenvalue weighted by molar-refractivity contribution is -0.126. The summed E-state index contributed by atoms with van der Waals surface area (Å²) in [6.07, 6.45) is 1.88. The van der Waals surface area contributed by atoms with Crippen molar-refractivity contribution in [2.24, 2.45) is 22.0 Å². The summed E-state index contributed by atoms with van der Waals surface area (Å²) in [6, 6.07) is 0. The number of hydrogen-bond donors (Lipinski definition) is 2. The zero-order chi connectivity index (χ0) is 17.1. The highest BCUT2D eigenvalue weighted by Crippen LogP contribution is 2.01. The summed E-state index contributed by atoms with van der Waals surface area (Å²) in [6.45, 7) is 12.1. The van der Waals surface area contributed by atoms with E-state index in [1.54, 1.807) is 0 Å². The number of rotatable bonds is 9. The lowest BCUT2D eigenvalue weighted by Crippen LogP contribution is -2.24. The average Bonchev–Trinajstić information content (AvgIpc) is 2.39. The van der Waals surface area contributed by atoms with Crippen molar-refractivity contribution in [3.05, 3.63) is 0 Å². The van der Waals surface area contributed by atoms with Crippen LogP contribution in [0.3, 0.4) is 0 Å². The van der Waals surface area contributed by atoms with E-state index in [1.165, 1.54) is 0 Å². The van der Waals surface area contributed by atoms with Crippen LogP contribution in [0.15, 0.2) is 10.2 Å². The second-order valence-corrected chi connectivity index (χ2v) is 6.46. The van der Waals surface area contributed by atoms with E-state index in [2.05, 4.69) is 48.7 Å². The van der Waals surface area contributed by atoms with Gasteiger partial charge < -0.3 is 0 Å². The Hall–Kier alpha value is -1.72. The van der Waals surface area contributed by atoms with E-state index < -0.39 is 0 Å². The molecule has 0 rings (SSSR count). The summed E-state index contributed by atoms with van der Waals surface area (Å²) < 4.78 is 0. The summed E-state index contributed by atoms with van der Waals surface area (Å²) in [7, 11) is 0. The lowest BCUT2D eigenvalue weighted by atomic mass is 10.1. The van der Waals surface area contributed by atoms with Gasteiger partial charge in [0.25, 0.3) is 0 Å². The number of carbonyl (C=O) groups is 2. The molecule has 0 aromatic heterocycles. The summed E-state index contributed by atoms with van der Waals surface area (Å²) in [4.78, 5) is 23.2. The highest BCUT2D eigenvalue weighted by molar-refractivity contribution is 5.87. The van der Waals surface area contributed by atoms with E-state index in [4.69, 9.17) is 0 Å². The van der Waals surface area contributed by atoms with Gasteiger partial charge in [-0.3, -0.25) is 9.59 Å². The first-order valence-corrected chi connectivity index (χ1v) is 7.84. The highest BCUT2D eigenvalue weighted by atomic mass is 16.2. The van der Waals surface area contributed by atoms with E-state index in [-0.39, 0.29) is 24.7 Å². The standard InChI is InChI=1S/C16H30N4O2/c1-11(2)9-13(5)17-19-15(21)7-8-16(22)20-18-14(6)10-12(3)4/h11-12H,7-10H2,1-6H3,(H,19,21)(H,20,22)/b17-13+,18-14+. The summed E-state index contributed by atoms with van der Waals surface area (Å²) in [5.41, 5.74) is 6.69. The third kappa shape index (κ3) is 12.1. The Labute approximate surface area is 133 Å². The van der Waals surface area contributed by atoms with Crippen LogP contribution in [0.25, 0.3) is 0 Å². The van der Waals surface area contributed by atoms with Crippen molar-refractivity contribution in [3.8, 4) is 0 Å². The molecule has 0 heterocycles. The van der Waals surface area contributed by atoms with Crippen LogP contribution in [0.5, 0.6) is 0 Å². The molecule has 0 aromatic carbocycles. The number of amides is 2. The molecule has 6 heteroatoms. The summed E-state index contributed by atoms with van der Waals surface area (Å²) >= 11 is 0. The minimum Gasteiger partial charge on any atom is -0.273 e. The molecule has 6 nitrogen and oxygen atoms in total. The fraction of sp³-hybridized carbons (Fsp3) is 0.750. The van der Waals surface area contributed by atoms with Gasteiger partial charge in [-0.15, -0.1) is 0 Å². The van der Waals surface area contributed by atoms with Crippen LogP contribution in [-0.2, 0) is 9.59 Å². The Bertz CT molecular complexity index is 386. The first-order chi connectivity index (χ1) is 10.2. The third-order valence-corrected chi connectivity index (χ3v) is 2.73. The van der Waals surface area contributed by atoms with E-state index >= 15 is 0 Å². The van der Waals surface area contributed by atoms with Gasteiger partial charge in [0.1, 0.15) is 0 Å². The molecular formula is C16H30N4O2. The van der Waals surface area contributed by atoms with Crippen LogP contribution < -0.4 is 10.9 Å². The lowest BCUT2D eigenvalue weighted by Gasteiger charge is -2.06. The molecule has 0 aromatic rings. The number of hydrazone groups is 2. The summed E-state index contributed by atoms with van der Waals surface area (Å²) in [5, 5.41) is 8.01. The number of carbonyl (C=O) groups excluding carboxylic acids is 2. The Morgan fingerprint density at radius 2 is 1.09 bits per heavy atom. The average molecular weight is 310 g/mol. The number of nitrogens with one attached hydrogen (secondary N) is 2. The van der Waals surface area contributed by atoms with Crippen molar-refractivity contribution < 1.29 is 9.59 Å². The Morgan fingerprint density at radius 3 is 1.36 bits per heavy atom. The molecule has 0 aliphatic heterocycles. The van der Waals surface area contributed by atoms with Crippen molar-refractivity contribution in [2.75, 3.05) is 0 Å². The SMILES string of the molecule is C/C(CC(C)C)=N\NC(=O)CCC(=O)N/N=C(\C)CC(C)C. The van der Waals surface area contributed by atoms with Gasteiger partial charge in [0.05, 0.1) is 0 Å². The molecule has 126 valence electrons. The second kappa shape index (κ2) is 10.9. The third-order valence-electron chi connectivity index (χ3n) is 2.73. The largest absolute Gasteiger partial charge is 0.273 e. The number of nitrogens with zero attached hydrogens (tertiary/aromatic N) is 2. The van der Waals surface area contributed by atoms with E-state index in [0.717, 1.165) is 24.3 Å². The van der Waals surface area contributed by atoms with Gasteiger partial charge in [-0.1, -0.05) is 27.7 Å². The molecule has 2 N–H and O–H groups in total. The van der Waals surface area contributed by atoms with E-state index in [9.17, 15) is 9.59 Å². The predicted octanol–water partition coefficient (Wildman–Crippen LogP) is 2.84. The predicted molar refractivity (Wildman–Crippen MR) is 90.6 cm³/mol. The quantitative estimate of drug-likeness (QED) is 0.507.